The molecule has 0 radical (unpaired) electrons. The van der Waals surface area contributed by atoms with Gasteiger partial charge in [-0.3, -0.25) is 4.79 Å². The summed E-state index contributed by atoms with van der Waals surface area (Å²) in [5.74, 6) is 2.58. The van der Waals surface area contributed by atoms with Crippen LogP contribution >= 0.6 is 23.4 Å². The second-order valence-electron chi connectivity index (χ2n) is 6.53. The van der Waals surface area contributed by atoms with Gasteiger partial charge in [0.15, 0.2) is 5.82 Å². The highest BCUT2D eigenvalue weighted by Gasteiger charge is 2.13. The summed E-state index contributed by atoms with van der Waals surface area (Å²) in [5, 5.41) is 7.23. The number of carbonyl (C=O) groups is 1. The van der Waals surface area contributed by atoms with E-state index in [0.717, 1.165) is 4.90 Å². The lowest BCUT2D eigenvalue weighted by molar-refractivity contribution is 0.102. The van der Waals surface area contributed by atoms with E-state index in [2.05, 4.69) is 15.5 Å². The average molecular weight is 452 g/mol. The number of aromatic nitrogens is 2. The summed E-state index contributed by atoms with van der Waals surface area (Å²) in [6, 6.07) is 21.8. The minimum absolute atomic E-state index is 0.204. The van der Waals surface area contributed by atoms with Crippen LogP contribution in [0.25, 0.3) is 0 Å². The number of aryl methyl sites for hydroxylation is 1. The van der Waals surface area contributed by atoms with Crippen molar-refractivity contribution in [2.75, 3.05) is 5.32 Å². The Morgan fingerprint density at radius 2 is 1.81 bits per heavy atom. The number of para-hydroxylation sites is 1. The molecule has 0 unspecified atom stereocenters. The maximum Gasteiger partial charge on any atom is 0.256 e. The molecule has 4 rings (SSSR count). The van der Waals surface area contributed by atoms with Gasteiger partial charge in [-0.05, 0) is 55.5 Å². The summed E-state index contributed by atoms with van der Waals surface area (Å²) in [6.45, 7) is 1.77. The largest absolute Gasteiger partial charge is 0.456 e. The van der Waals surface area contributed by atoms with E-state index in [1.807, 2.05) is 30.3 Å². The predicted octanol–water partition coefficient (Wildman–Crippen LogP) is 6.37. The maximum atomic E-state index is 12.8. The number of nitrogens with zero attached hydrogens (tertiary/aromatic N) is 2. The van der Waals surface area contributed by atoms with Crippen molar-refractivity contribution >= 4 is 35.0 Å². The van der Waals surface area contributed by atoms with Crippen molar-refractivity contribution < 1.29 is 14.1 Å². The molecule has 3 aromatic carbocycles. The van der Waals surface area contributed by atoms with E-state index in [0.29, 0.717) is 45.2 Å². The van der Waals surface area contributed by atoms with Crippen LogP contribution in [0, 0.1) is 6.92 Å². The van der Waals surface area contributed by atoms with Crippen molar-refractivity contribution in [2.45, 2.75) is 17.6 Å². The molecule has 0 aliphatic carbocycles. The normalized spacial score (nSPS) is 10.6. The maximum absolute atomic E-state index is 12.8. The number of amides is 1. The number of rotatable bonds is 7. The molecule has 6 nitrogen and oxygen atoms in total. The van der Waals surface area contributed by atoms with Crippen molar-refractivity contribution in [3.05, 3.63) is 95.1 Å². The first-order valence-corrected chi connectivity index (χ1v) is 10.8. The molecule has 8 heteroatoms. The molecule has 0 spiro atoms. The van der Waals surface area contributed by atoms with Crippen LogP contribution in [0.4, 0.5) is 5.69 Å². The molecule has 156 valence electrons. The van der Waals surface area contributed by atoms with E-state index in [1.54, 1.807) is 49.4 Å². The van der Waals surface area contributed by atoms with Crippen molar-refractivity contribution in [2.24, 2.45) is 0 Å². The highest BCUT2D eigenvalue weighted by Crippen LogP contribution is 2.30. The zero-order chi connectivity index (χ0) is 21.6. The van der Waals surface area contributed by atoms with Crippen LogP contribution in [0.3, 0.4) is 0 Å². The minimum atomic E-state index is -0.204. The Labute approximate surface area is 188 Å². The third-order valence-corrected chi connectivity index (χ3v) is 5.60. The number of benzene rings is 3. The van der Waals surface area contributed by atoms with Crippen LogP contribution in [0.15, 0.2) is 82.2 Å². The van der Waals surface area contributed by atoms with Crippen molar-refractivity contribution in [3.8, 4) is 11.5 Å². The van der Waals surface area contributed by atoms with Gasteiger partial charge in [-0.15, -0.1) is 11.8 Å². The van der Waals surface area contributed by atoms with Crippen LogP contribution in [-0.2, 0) is 5.75 Å². The first-order valence-electron chi connectivity index (χ1n) is 9.43. The van der Waals surface area contributed by atoms with Crippen LogP contribution in [0.5, 0.6) is 11.5 Å². The smallest absolute Gasteiger partial charge is 0.256 e. The summed E-state index contributed by atoms with van der Waals surface area (Å²) in [6.07, 6.45) is 0. The molecule has 0 saturated carbocycles. The Balaban J connectivity index is 1.42. The Morgan fingerprint density at radius 1 is 1.06 bits per heavy atom. The molecular weight excluding hydrogens is 434 g/mol. The summed E-state index contributed by atoms with van der Waals surface area (Å²) in [4.78, 5) is 17.9. The van der Waals surface area contributed by atoms with E-state index < -0.39 is 0 Å². The van der Waals surface area contributed by atoms with Gasteiger partial charge >= 0.3 is 0 Å². The zero-order valence-electron chi connectivity index (χ0n) is 16.5. The number of thioether (sulfide) groups is 1. The molecule has 0 atom stereocenters. The topological polar surface area (TPSA) is 77.2 Å². The molecule has 4 aromatic rings. The number of ether oxygens (including phenoxy) is 1. The van der Waals surface area contributed by atoms with Gasteiger partial charge in [-0.1, -0.05) is 41.0 Å². The number of carbonyl (C=O) groups excluding carboxylic acids is 1. The lowest BCUT2D eigenvalue weighted by Crippen LogP contribution is -2.12. The highest BCUT2D eigenvalue weighted by atomic mass is 35.5. The van der Waals surface area contributed by atoms with Crippen molar-refractivity contribution in [1.29, 1.82) is 0 Å². The van der Waals surface area contributed by atoms with E-state index in [1.165, 1.54) is 11.8 Å². The minimum Gasteiger partial charge on any atom is -0.456 e. The van der Waals surface area contributed by atoms with Crippen LogP contribution in [0.1, 0.15) is 22.1 Å². The van der Waals surface area contributed by atoms with E-state index in [4.69, 9.17) is 20.9 Å². The van der Waals surface area contributed by atoms with Crippen LogP contribution in [-0.4, -0.2) is 16.0 Å². The third kappa shape index (κ3) is 5.45. The van der Waals surface area contributed by atoms with Crippen molar-refractivity contribution in [1.82, 2.24) is 10.1 Å². The molecule has 1 amide bonds. The number of anilines is 1. The molecule has 0 aliphatic rings. The van der Waals surface area contributed by atoms with Gasteiger partial charge in [-0.2, -0.15) is 4.98 Å². The predicted molar refractivity (Wildman–Crippen MR) is 121 cm³/mol. The molecule has 0 aliphatic heterocycles. The van der Waals surface area contributed by atoms with E-state index in [9.17, 15) is 4.79 Å². The van der Waals surface area contributed by atoms with Gasteiger partial charge in [0, 0.05) is 10.6 Å². The molecule has 0 saturated heterocycles. The first-order chi connectivity index (χ1) is 15.1. The molecule has 1 heterocycles. The quantitative estimate of drug-likeness (QED) is 0.329. The summed E-state index contributed by atoms with van der Waals surface area (Å²) >= 11 is 7.59. The van der Waals surface area contributed by atoms with Crippen LogP contribution in [0.2, 0.25) is 5.02 Å². The molecule has 31 heavy (non-hydrogen) atoms. The van der Waals surface area contributed by atoms with Crippen molar-refractivity contribution in [3.63, 3.8) is 0 Å². The standard InChI is InChI=1S/C23H18ClN3O3S/c1-15-25-22(30-27-15)14-31-21-9-5-2-6-18(21)23(28)26-16-10-12-17(13-11-16)29-20-8-4-3-7-19(20)24/h2-13H,14H2,1H3,(H,26,28). The number of halogens is 1. The monoisotopic (exact) mass is 451 g/mol. The van der Waals surface area contributed by atoms with Gasteiger partial charge in [0.05, 0.1) is 16.3 Å². The summed E-state index contributed by atoms with van der Waals surface area (Å²) in [7, 11) is 0. The summed E-state index contributed by atoms with van der Waals surface area (Å²) in [5.41, 5.74) is 1.23. The fourth-order valence-electron chi connectivity index (χ4n) is 2.78. The molecule has 0 fully saturated rings. The third-order valence-electron chi connectivity index (χ3n) is 4.23. The van der Waals surface area contributed by atoms with Gasteiger partial charge in [-0.25, -0.2) is 0 Å². The zero-order valence-corrected chi connectivity index (χ0v) is 18.1. The fourth-order valence-corrected chi connectivity index (χ4v) is 3.84. The average Bonchev–Trinajstić information content (AvgIpc) is 3.20. The van der Waals surface area contributed by atoms with Crippen LogP contribution < -0.4 is 10.1 Å². The second kappa shape index (κ2) is 9.68. The number of hydrogen-bond donors (Lipinski definition) is 1. The lowest BCUT2D eigenvalue weighted by atomic mass is 10.2. The SMILES string of the molecule is Cc1noc(CSc2ccccc2C(=O)Nc2ccc(Oc3ccccc3Cl)cc2)n1. The van der Waals surface area contributed by atoms with E-state index in [-0.39, 0.29) is 5.91 Å². The molecule has 0 bridgehead atoms. The molecule has 1 aromatic heterocycles. The number of nitrogens with one attached hydrogen (secondary N) is 1. The van der Waals surface area contributed by atoms with Gasteiger partial charge in [0.1, 0.15) is 11.5 Å². The Bertz CT molecular complexity index is 1190. The Hall–Kier alpha value is -3.29. The highest BCUT2D eigenvalue weighted by molar-refractivity contribution is 7.98. The number of hydrogen-bond acceptors (Lipinski definition) is 6. The fraction of sp³-hybridized carbons (Fsp3) is 0.0870. The summed E-state index contributed by atoms with van der Waals surface area (Å²) < 4.78 is 10.9. The van der Waals surface area contributed by atoms with Gasteiger partial charge in [0.25, 0.3) is 5.91 Å². The Morgan fingerprint density at radius 3 is 2.55 bits per heavy atom. The molecule has 1 N–H and O–H groups in total. The van der Waals surface area contributed by atoms with Gasteiger partial charge in [0.2, 0.25) is 5.89 Å². The first kappa shape index (κ1) is 21.0. The molecular formula is C23H18ClN3O3S. The van der Waals surface area contributed by atoms with Gasteiger partial charge < -0.3 is 14.6 Å². The Kier molecular flexibility index (Phi) is 6.54. The lowest BCUT2D eigenvalue weighted by Gasteiger charge is -2.11. The second-order valence-corrected chi connectivity index (χ2v) is 7.96. The van der Waals surface area contributed by atoms with E-state index >= 15 is 0 Å².